The summed E-state index contributed by atoms with van der Waals surface area (Å²) in [6.45, 7) is 3.99. The van der Waals surface area contributed by atoms with Crippen LogP contribution in [0.5, 0.6) is 5.75 Å². The molecule has 0 aliphatic carbocycles. The van der Waals surface area contributed by atoms with Crippen LogP contribution in [0.1, 0.15) is 48.0 Å². The Kier molecular flexibility index (Phi) is 8.47. The molecule has 1 aliphatic heterocycles. The molecule has 0 saturated carbocycles. The van der Waals surface area contributed by atoms with Crippen LogP contribution < -0.4 is 10.1 Å². The molecule has 2 amide bonds. The van der Waals surface area contributed by atoms with Gasteiger partial charge in [0.1, 0.15) is 5.75 Å². The second kappa shape index (κ2) is 11.5. The average Bonchev–Trinajstić information content (AvgIpc) is 2.78. The van der Waals surface area contributed by atoms with Gasteiger partial charge in [0.15, 0.2) is 0 Å². The number of rotatable bonds is 9. The average molecular weight is 425 g/mol. The number of hydrogen-bond acceptors (Lipinski definition) is 4. The summed E-state index contributed by atoms with van der Waals surface area (Å²) >= 11 is 0. The van der Waals surface area contributed by atoms with Crippen molar-refractivity contribution in [2.24, 2.45) is 5.92 Å². The van der Waals surface area contributed by atoms with Gasteiger partial charge in [0.25, 0.3) is 5.91 Å². The number of ether oxygens (including phenoxy) is 1. The molecule has 166 valence electrons. The highest BCUT2D eigenvalue weighted by molar-refractivity contribution is 5.97. The Bertz CT molecular complexity index is 883. The summed E-state index contributed by atoms with van der Waals surface area (Å²) in [7, 11) is 0. The summed E-state index contributed by atoms with van der Waals surface area (Å²) in [5.74, 6) is 0.876. The molecular formula is C25H32N2O4. The molecule has 1 saturated heterocycles. The van der Waals surface area contributed by atoms with Crippen molar-refractivity contribution in [2.45, 2.75) is 39.0 Å². The lowest BCUT2D eigenvalue weighted by atomic mass is 9.98. The molecule has 0 radical (unpaired) electrons. The molecule has 2 N–H and O–H groups in total. The Morgan fingerprint density at radius 2 is 2.00 bits per heavy atom. The number of nitrogens with one attached hydrogen (secondary N) is 1. The van der Waals surface area contributed by atoms with Crippen molar-refractivity contribution in [2.75, 3.05) is 31.6 Å². The van der Waals surface area contributed by atoms with Crippen LogP contribution in [0.4, 0.5) is 5.69 Å². The van der Waals surface area contributed by atoms with Crippen LogP contribution in [0.2, 0.25) is 0 Å². The zero-order chi connectivity index (χ0) is 22.1. The summed E-state index contributed by atoms with van der Waals surface area (Å²) in [4.78, 5) is 26.9. The molecule has 6 heteroatoms. The number of aliphatic hydroxyl groups is 1. The summed E-state index contributed by atoms with van der Waals surface area (Å²) < 4.78 is 5.71. The van der Waals surface area contributed by atoms with Gasteiger partial charge in [-0.05, 0) is 74.4 Å². The van der Waals surface area contributed by atoms with E-state index >= 15 is 0 Å². The molecule has 1 heterocycles. The molecule has 31 heavy (non-hydrogen) atoms. The van der Waals surface area contributed by atoms with Gasteiger partial charge in [-0.25, -0.2) is 0 Å². The molecule has 0 bridgehead atoms. The number of aryl methyl sites for hydroxylation is 1. The summed E-state index contributed by atoms with van der Waals surface area (Å²) in [5.41, 5.74) is 2.34. The van der Waals surface area contributed by atoms with E-state index in [-0.39, 0.29) is 24.3 Å². The molecule has 6 nitrogen and oxygen atoms in total. The first-order valence-electron chi connectivity index (χ1n) is 11.0. The molecule has 0 spiro atoms. The fourth-order valence-corrected chi connectivity index (χ4v) is 3.82. The first kappa shape index (κ1) is 22.8. The van der Waals surface area contributed by atoms with Crippen LogP contribution in [-0.4, -0.2) is 48.1 Å². The van der Waals surface area contributed by atoms with E-state index in [4.69, 9.17) is 4.74 Å². The van der Waals surface area contributed by atoms with Crippen LogP contribution in [0.15, 0.2) is 48.5 Å². The minimum Gasteiger partial charge on any atom is -0.494 e. The molecule has 0 aromatic heterocycles. The van der Waals surface area contributed by atoms with Crippen molar-refractivity contribution < 1.29 is 19.4 Å². The fraction of sp³-hybridized carbons (Fsp3) is 0.440. The van der Waals surface area contributed by atoms with Crippen LogP contribution >= 0.6 is 0 Å². The SMILES string of the molecule is Cc1cccc(OCCCCC(=O)Nc2cccc(C(=O)N3CCC[C@@H](CO)C3)c2)c1. The highest BCUT2D eigenvalue weighted by Gasteiger charge is 2.24. The smallest absolute Gasteiger partial charge is 0.253 e. The molecule has 2 aromatic rings. The maximum absolute atomic E-state index is 12.8. The summed E-state index contributed by atoms with van der Waals surface area (Å²) in [5, 5.41) is 12.3. The summed E-state index contributed by atoms with van der Waals surface area (Å²) in [6, 6.07) is 15.0. The predicted octanol–water partition coefficient (Wildman–Crippen LogP) is 4.03. The van der Waals surface area contributed by atoms with E-state index in [0.717, 1.165) is 37.0 Å². The largest absolute Gasteiger partial charge is 0.494 e. The normalized spacial score (nSPS) is 16.1. The van der Waals surface area contributed by atoms with Crippen LogP contribution in [0.25, 0.3) is 0 Å². The Morgan fingerprint density at radius 1 is 1.16 bits per heavy atom. The van der Waals surface area contributed by atoms with Crippen molar-refractivity contribution in [1.29, 1.82) is 0 Å². The van der Waals surface area contributed by atoms with Crippen molar-refractivity contribution in [3.63, 3.8) is 0 Å². The maximum Gasteiger partial charge on any atom is 0.253 e. The number of anilines is 1. The Morgan fingerprint density at radius 3 is 2.81 bits per heavy atom. The maximum atomic E-state index is 12.8. The van der Waals surface area contributed by atoms with Gasteiger partial charge in [0, 0.05) is 37.4 Å². The monoisotopic (exact) mass is 424 g/mol. The standard InChI is InChI=1S/C25H32N2O4/c1-19-7-4-11-23(15-19)31-14-3-2-12-24(29)26-22-10-5-9-21(16-22)25(30)27-13-6-8-20(17-27)18-28/h4-5,7,9-11,15-16,20,28H,2-3,6,8,12-14,17-18H2,1H3,(H,26,29)/t20-/m1/s1. The van der Waals surface area contributed by atoms with E-state index in [9.17, 15) is 14.7 Å². The van der Waals surface area contributed by atoms with Gasteiger partial charge in [-0.3, -0.25) is 9.59 Å². The van der Waals surface area contributed by atoms with Gasteiger partial charge in [-0.2, -0.15) is 0 Å². The predicted molar refractivity (Wildman–Crippen MR) is 121 cm³/mol. The molecule has 1 atom stereocenters. The minimum absolute atomic E-state index is 0.0532. The highest BCUT2D eigenvalue weighted by atomic mass is 16.5. The Labute approximate surface area is 184 Å². The number of benzene rings is 2. The number of nitrogens with zero attached hydrogens (tertiary/aromatic N) is 1. The number of piperidine rings is 1. The third kappa shape index (κ3) is 7.10. The van der Waals surface area contributed by atoms with Crippen LogP contribution in [0.3, 0.4) is 0 Å². The number of aliphatic hydroxyl groups excluding tert-OH is 1. The summed E-state index contributed by atoms with van der Waals surface area (Å²) in [6.07, 6.45) is 3.78. The Hall–Kier alpha value is -2.86. The zero-order valence-electron chi connectivity index (χ0n) is 18.2. The van der Waals surface area contributed by atoms with Gasteiger partial charge < -0.3 is 20.1 Å². The number of hydrogen-bond donors (Lipinski definition) is 2. The molecule has 1 aliphatic rings. The molecule has 3 rings (SSSR count). The van der Waals surface area contributed by atoms with E-state index in [2.05, 4.69) is 5.32 Å². The quantitative estimate of drug-likeness (QED) is 0.596. The van der Waals surface area contributed by atoms with Crippen molar-refractivity contribution in [3.05, 3.63) is 59.7 Å². The van der Waals surface area contributed by atoms with E-state index in [1.165, 1.54) is 0 Å². The van der Waals surface area contributed by atoms with Crippen LogP contribution in [0, 0.1) is 12.8 Å². The molecule has 0 unspecified atom stereocenters. The zero-order valence-corrected chi connectivity index (χ0v) is 18.2. The molecule has 1 fully saturated rings. The number of carbonyl (C=O) groups is 2. The van der Waals surface area contributed by atoms with E-state index in [0.29, 0.717) is 37.4 Å². The third-order valence-electron chi connectivity index (χ3n) is 5.51. The van der Waals surface area contributed by atoms with Gasteiger partial charge in [0.2, 0.25) is 5.91 Å². The van der Waals surface area contributed by atoms with Crippen molar-refractivity contribution in [3.8, 4) is 5.75 Å². The van der Waals surface area contributed by atoms with Gasteiger partial charge in [-0.1, -0.05) is 18.2 Å². The van der Waals surface area contributed by atoms with E-state index in [1.54, 1.807) is 29.2 Å². The number of unbranched alkanes of at least 4 members (excludes halogenated alkanes) is 1. The van der Waals surface area contributed by atoms with Gasteiger partial charge >= 0.3 is 0 Å². The van der Waals surface area contributed by atoms with E-state index in [1.807, 2.05) is 31.2 Å². The Balaban J connectivity index is 1.42. The minimum atomic E-state index is -0.0709. The van der Waals surface area contributed by atoms with Crippen molar-refractivity contribution >= 4 is 17.5 Å². The lowest BCUT2D eigenvalue weighted by Gasteiger charge is -2.32. The van der Waals surface area contributed by atoms with E-state index < -0.39 is 0 Å². The first-order valence-corrected chi connectivity index (χ1v) is 11.0. The molecular weight excluding hydrogens is 392 g/mol. The van der Waals surface area contributed by atoms with Gasteiger partial charge in [-0.15, -0.1) is 0 Å². The second-order valence-corrected chi connectivity index (χ2v) is 8.19. The molecule has 2 aromatic carbocycles. The third-order valence-corrected chi connectivity index (χ3v) is 5.51. The van der Waals surface area contributed by atoms with Crippen molar-refractivity contribution in [1.82, 2.24) is 4.90 Å². The fourth-order valence-electron chi connectivity index (χ4n) is 3.82. The van der Waals surface area contributed by atoms with Crippen LogP contribution in [-0.2, 0) is 4.79 Å². The first-order chi connectivity index (χ1) is 15.0. The number of likely N-dealkylation sites (tertiary alicyclic amines) is 1. The topological polar surface area (TPSA) is 78.9 Å². The number of carbonyl (C=O) groups excluding carboxylic acids is 2. The lowest BCUT2D eigenvalue weighted by molar-refractivity contribution is -0.116. The second-order valence-electron chi connectivity index (χ2n) is 8.19. The van der Waals surface area contributed by atoms with Gasteiger partial charge in [0.05, 0.1) is 6.61 Å². The number of amides is 2. The lowest BCUT2D eigenvalue weighted by Crippen LogP contribution is -2.40. The highest BCUT2D eigenvalue weighted by Crippen LogP contribution is 2.20.